The van der Waals surface area contributed by atoms with Crippen molar-refractivity contribution in [3.05, 3.63) is 51.2 Å². The molecule has 1 aromatic heterocycles. The van der Waals surface area contributed by atoms with E-state index in [4.69, 9.17) is 17.4 Å². The number of halogens is 2. The lowest BCUT2D eigenvalue weighted by Crippen LogP contribution is -2.29. The number of aromatic nitrogens is 2. The number of hydrogen-bond acceptors (Lipinski definition) is 3. The molecule has 0 amide bonds. The van der Waals surface area contributed by atoms with E-state index in [0.717, 1.165) is 28.6 Å². The van der Waals surface area contributed by atoms with Crippen LogP contribution in [0.25, 0.3) is 0 Å². The van der Waals surface area contributed by atoms with Crippen LogP contribution in [0.3, 0.4) is 0 Å². The molecule has 0 saturated carbocycles. The highest BCUT2D eigenvalue weighted by Gasteiger charge is 2.13. The minimum Gasteiger partial charge on any atom is -0.273 e. The van der Waals surface area contributed by atoms with Gasteiger partial charge in [0.05, 0.1) is 17.3 Å². The molecule has 1 aromatic carbocycles. The zero-order valence-electron chi connectivity index (χ0n) is 10.6. The molecule has 0 spiro atoms. The van der Waals surface area contributed by atoms with Crippen LogP contribution in [-0.4, -0.2) is 9.78 Å². The van der Waals surface area contributed by atoms with Gasteiger partial charge in [0.25, 0.3) is 0 Å². The molecule has 2 aromatic rings. The Balaban J connectivity index is 2.17. The lowest BCUT2D eigenvalue weighted by atomic mass is 10.0. The summed E-state index contributed by atoms with van der Waals surface area (Å²) in [5.74, 6) is 5.65. The Bertz CT molecular complexity index is 555. The normalized spacial score (nSPS) is 12.6. The Labute approximate surface area is 126 Å². The summed E-state index contributed by atoms with van der Waals surface area (Å²) in [5.41, 5.74) is 5.03. The summed E-state index contributed by atoms with van der Waals surface area (Å²) in [5, 5.41) is 4.94. The van der Waals surface area contributed by atoms with Gasteiger partial charge in [-0.3, -0.25) is 16.0 Å². The van der Waals surface area contributed by atoms with Gasteiger partial charge < -0.3 is 0 Å². The Kier molecular flexibility index (Phi) is 4.99. The van der Waals surface area contributed by atoms with Crippen molar-refractivity contribution in [2.24, 2.45) is 5.84 Å². The van der Waals surface area contributed by atoms with Gasteiger partial charge in [-0.1, -0.05) is 17.7 Å². The van der Waals surface area contributed by atoms with Crippen LogP contribution in [0.4, 0.5) is 0 Å². The topological polar surface area (TPSA) is 55.9 Å². The smallest absolute Gasteiger partial charge is 0.0551 e. The van der Waals surface area contributed by atoms with Crippen molar-refractivity contribution in [3.63, 3.8) is 0 Å². The Morgan fingerprint density at radius 2 is 2.32 bits per heavy atom. The molecule has 0 aliphatic carbocycles. The van der Waals surface area contributed by atoms with Crippen LogP contribution in [0.2, 0.25) is 5.02 Å². The highest BCUT2D eigenvalue weighted by Crippen LogP contribution is 2.27. The van der Waals surface area contributed by atoms with Crippen molar-refractivity contribution in [3.8, 4) is 0 Å². The molecule has 0 aliphatic heterocycles. The SMILES string of the molecule is CCn1cc(CC(NN)c2ccc(Br)c(Cl)c2)cn1. The maximum Gasteiger partial charge on any atom is 0.0551 e. The molecule has 1 atom stereocenters. The first kappa shape index (κ1) is 14.5. The average molecular weight is 344 g/mol. The van der Waals surface area contributed by atoms with Crippen LogP contribution in [0.5, 0.6) is 0 Å². The van der Waals surface area contributed by atoms with E-state index in [1.165, 1.54) is 0 Å². The summed E-state index contributed by atoms with van der Waals surface area (Å²) >= 11 is 9.50. The van der Waals surface area contributed by atoms with Crippen molar-refractivity contribution >= 4 is 27.5 Å². The summed E-state index contributed by atoms with van der Waals surface area (Å²) in [6, 6.07) is 5.86. The Morgan fingerprint density at radius 3 is 2.89 bits per heavy atom. The molecule has 0 fully saturated rings. The Morgan fingerprint density at radius 1 is 1.53 bits per heavy atom. The third-order valence-electron chi connectivity index (χ3n) is 3.00. The van der Waals surface area contributed by atoms with E-state index in [2.05, 4.69) is 33.4 Å². The predicted molar refractivity (Wildman–Crippen MR) is 80.8 cm³/mol. The van der Waals surface area contributed by atoms with Gasteiger partial charge in [0.2, 0.25) is 0 Å². The van der Waals surface area contributed by atoms with E-state index in [1.54, 1.807) is 0 Å². The minimum absolute atomic E-state index is 0.0140. The summed E-state index contributed by atoms with van der Waals surface area (Å²) < 4.78 is 2.78. The van der Waals surface area contributed by atoms with Gasteiger partial charge in [-0.2, -0.15) is 5.10 Å². The largest absolute Gasteiger partial charge is 0.273 e. The average Bonchev–Trinajstić information content (AvgIpc) is 2.87. The number of aryl methyl sites for hydroxylation is 1. The summed E-state index contributed by atoms with van der Waals surface area (Å²) in [4.78, 5) is 0. The van der Waals surface area contributed by atoms with Gasteiger partial charge in [-0.05, 0) is 52.5 Å². The maximum atomic E-state index is 6.11. The third-order valence-corrected chi connectivity index (χ3v) is 4.23. The van der Waals surface area contributed by atoms with Gasteiger partial charge in [0, 0.05) is 17.2 Å². The number of hydrogen-bond donors (Lipinski definition) is 2. The predicted octanol–water partition coefficient (Wildman–Crippen LogP) is 3.07. The molecule has 4 nitrogen and oxygen atoms in total. The molecule has 19 heavy (non-hydrogen) atoms. The molecule has 102 valence electrons. The molecule has 0 aliphatic rings. The van der Waals surface area contributed by atoms with Crippen molar-refractivity contribution in [2.75, 3.05) is 0 Å². The van der Waals surface area contributed by atoms with Crippen molar-refractivity contribution in [1.29, 1.82) is 0 Å². The molecule has 0 radical (unpaired) electrons. The number of benzene rings is 1. The van der Waals surface area contributed by atoms with Crippen LogP contribution in [0, 0.1) is 0 Å². The summed E-state index contributed by atoms with van der Waals surface area (Å²) in [6.45, 7) is 2.93. The van der Waals surface area contributed by atoms with Crippen molar-refractivity contribution in [2.45, 2.75) is 25.9 Å². The van der Waals surface area contributed by atoms with Gasteiger partial charge >= 0.3 is 0 Å². The van der Waals surface area contributed by atoms with E-state index in [9.17, 15) is 0 Å². The minimum atomic E-state index is 0.0140. The van der Waals surface area contributed by atoms with E-state index in [0.29, 0.717) is 5.02 Å². The molecular formula is C13H16BrClN4. The standard InChI is InChI=1S/C13H16BrClN4/c1-2-19-8-9(7-17-19)5-13(18-16)10-3-4-11(14)12(15)6-10/h3-4,6-8,13,18H,2,5,16H2,1H3. The molecule has 2 rings (SSSR count). The van der Waals surface area contributed by atoms with Crippen molar-refractivity contribution in [1.82, 2.24) is 15.2 Å². The third kappa shape index (κ3) is 3.57. The first-order valence-corrected chi connectivity index (χ1v) is 7.23. The fraction of sp³-hybridized carbons (Fsp3) is 0.308. The van der Waals surface area contributed by atoms with Gasteiger partial charge in [-0.15, -0.1) is 0 Å². The number of rotatable bonds is 5. The summed E-state index contributed by atoms with van der Waals surface area (Å²) in [6.07, 6.45) is 4.67. The fourth-order valence-electron chi connectivity index (χ4n) is 1.92. The zero-order valence-corrected chi connectivity index (χ0v) is 12.9. The van der Waals surface area contributed by atoms with Crippen LogP contribution in [0.1, 0.15) is 24.1 Å². The second-order valence-corrected chi connectivity index (χ2v) is 5.56. The number of nitrogens with two attached hydrogens (primary N) is 1. The van der Waals surface area contributed by atoms with Gasteiger partial charge in [-0.25, -0.2) is 0 Å². The molecule has 1 heterocycles. The molecule has 0 saturated heterocycles. The summed E-state index contributed by atoms with van der Waals surface area (Å²) in [7, 11) is 0. The quantitative estimate of drug-likeness (QED) is 0.648. The Hall–Kier alpha value is -0.880. The first-order chi connectivity index (χ1) is 9.13. The molecule has 3 N–H and O–H groups in total. The highest BCUT2D eigenvalue weighted by molar-refractivity contribution is 9.10. The number of hydrazine groups is 1. The molecule has 6 heteroatoms. The first-order valence-electron chi connectivity index (χ1n) is 6.06. The zero-order chi connectivity index (χ0) is 13.8. The van der Waals surface area contributed by atoms with E-state index in [1.807, 2.05) is 35.3 Å². The van der Waals surface area contributed by atoms with Gasteiger partial charge in [0.1, 0.15) is 0 Å². The van der Waals surface area contributed by atoms with Crippen LogP contribution in [0.15, 0.2) is 35.1 Å². The lowest BCUT2D eigenvalue weighted by molar-refractivity contribution is 0.551. The van der Waals surface area contributed by atoms with Crippen LogP contribution < -0.4 is 11.3 Å². The highest BCUT2D eigenvalue weighted by atomic mass is 79.9. The molecule has 1 unspecified atom stereocenters. The number of nitrogens with zero attached hydrogens (tertiary/aromatic N) is 2. The van der Waals surface area contributed by atoms with E-state index >= 15 is 0 Å². The maximum absolute atomic E-state index is 6.11. The van der Waals surface area contributed by atoms with Crippen LogP contribution >= 0.6 is 27.5 Å². The lowest BCUT2D eigenvalue weighted by Gasteiger charge is -2.16. The van der Waals surface area contributed by atoms with E-state index in [-0.39, 0.29) is 6.04 Å². The monoisotopic (exact) mass is 342 g/mol. The van der Waals surface area contributed by atoms with Crippen molar-refractivity contribution < 1.29 is 0 Å². The van der Waals surface area contributed by atoms with E-state index < -0.39 is 0 Å². The molecule has 0 bridgehead atoms. The van der Waals surface area contributed by atoms with Crippen LogP contribution in [-0.2, 0) is 13.0 Å². The molecular weight excluding hydrogens is 328 g/mol. The van der Waals surface area contributed by atoms with Gasteiger partial charge in [0.15, 0.2) is 0 Å². The number of nitrogens with one attached hydrogen (secondary N) is 1. The second-order valence-electron chi connectivity index (χ2n) is 4.30. The fourth-order valence-corrected chi connectivity index (χ4v) is 2.36. The second kappa shape index (κ2) is 6.52.